The fraction of sp³-hybridized carbons (Fsp3) is 0.500. The minimum Gasteiger partial charge on any atom is -0.481 e. The lowest BCUT2D eigenvalue weighted by molar-refractivity contribution is -0.142. The molecule has 106 valence electrons. The Hall–Kier alpha value is -1.84. The quantitative estimate of drug-likeness (QED) is 0.920. The summed E-state index contributed by atoms with van der Waals surface area (Å²) in [7, 11) is 0. The van der Waals surface area contributed by atoms with E-state index in [0.717, 1.165) is 24.9 Å². The standard InChI is InChI=1S/C16H19NO3/c1-10-4-6-11(7-5-10)14-3-2-8-17(14)15(18)12-9-13(12)16(19)20/h4-7,12-14H,2-3,8-9H2,1H3,(H,19,20). The SMILES string of the molecule is Cc1ccc(C2CCCN2C(=O)C2CC2C(=O)O)cc1. The van der Waals surface area contributed by atoms with Gasteiger partial charge in [0.25, 0.3) is 0 Å². The molecule has 1 saturated heterocycles. The average Bonchev–Trinajstić information content (AvgIpc) is 3.09. The van der Waals surface area contributed by atoms with Crippen molar-refractivity contribution in [2.24, 2.45) is 11.8 Å². The molecular weight excluding hydrogens is 254 g/mol. The molecule has 1 heterocycles. The predicted molar refractivity (Wildman–Crippen MR) is 74.1 cm³/mol. The molecule has 3 unspecified atom stereocenters. The van der Waals surface area contributed by atoms with Gasteiger partial charge in [-0.2, -0.15) is 0 Å². The molecule has 1 aromatic carbocycles. The number of aliphatic carboxylic acids is 1. The van der Waals surface area contributed by atoms with Crippen molar-refractivity contribution in [3.63, 3.8) is 0 Å². The summed E-state index contributed by atoms with van der Waals surface area (Å²) in [6.07, 6.45) is 2.47. The third kappa shape index (κ3) is 2.30. The summed E-state index contributed by atoms with van der Waals surface area (Å²) in [5, 5.41) is 8.96. The van der Waals surface area contributed by atoms with Crippen LogP contribution in [0, 0.1) is 18.8 Å². The zero-order valence-corrected chi connectivity index (χ0v) is 11.6. The van der Waals surface area contributed by atoms with Crippen LogP contribution in [0.4, 0.5) is 0 Å². The highest BCUT2D eigenvalue weighted by molar-refractivity contribution is 5.89. The molecule has 1 N–H and O–H groups in total. The molecule has 0 spiro atoms. The van der Waals surface area contributed by atoms with Crippen LogP contribution in [0.2, 0.25) is 0 Å². The summed E-state index contributed by atoms with van der Waals surface area (Å²) in [6, 6.07) is 8.40. The van der Waals surface area contributed by atoms with E-state index in [1.165, 1.54) is 5.56 Å². The maximum Gasteiger partial charge on any atom is 0.307 e. The van der Waals surface area contributed by atoms with Crippen LogP contribution in [0.25, 0.3) is 0 Å². The van der Waals surface area contributed by atoms with Gasteiger partial charge in [0.15, 0.2) is 0 Å². The molecule has 3 rings (SSSR count). The molecule has 0 aromatic heterocycles. The fourth-order valence-electron chi connectivity index (χ4n) is 3.12. The van der Waals surface area contributed by atoms with Crippen molar-refractivity contribution < 1.29 is 14.7 Å². The molecule has 1 aliphatic carbocycles. The minimum absolute atomic E-state index is 0.0282. The van der Waals surface area contributed by atoms with Gasteiger partial charge in [-0.25, -0.2) is 0 Å². The van der Waals surface area contributed by atoms with E-state index in [-0.39, 0.29) is 17.9 Å². The van der Waals surface area contributed by atoms with E-state index in [0.29, 0.717) is 6.42 Å². The van der Waals surface area contributed by atoms with Crippen molar-refractivity contribution in [1.29, 1.82) is 0 Å². The molecule has 4 nitrogen and oxygen atoms in total. The van der Waals surface area contributed by atoms with Crippen LogP contribution in [0.3, 0.4) is 0 Å². The van der Waals surface area contributed by atoms with Crippen molar-refractivity contribution in [3.05, 3.63) is 35.4 Å². The van der Waals surface area contributed by atoms with Gasteiger partial charge >= 0.3 is 5.97 Å². The fourth-order valence-corrected chi connectivity index (χ4v) is 3.12. The number of carboxylic acid groups (broad SMARTS) is 1. The van der Waals surface area contributed by atoms with Crippen molar-refractivity contribution in [2.75, 3.05) is 6.54 Å². The van der Waals surface area contributed by atoms with Crippen LogP contribution in [0.5, 0.6) is 0 Å². The van der Waals surface area contributed by atoms with E-state index in [4.69, 9.17) is 5.11 Å². The second-order valence-corrected chi connectivity index (χ2v) is 5.89. The highest BCUT2D eigenvalue weighted by atomic mass is 16.4. The lowest BCUT2D eigenvalue weighted by Crippen LogP contribution is -2.32. The van der Waals surface area contributed by atoms with Gasteiger partial charge in [0.05, 0.1) is 17.9 Å². The number of hydrogen-bond acceptors (Lipinski definition) is 2. The molecule has 2 aliphatic rings. The van der Waals surface area contributed by atoms with Crippen molar-refractivity contribution in [3.8, 4) is 0 Å². The molecule has 1 aromatic rings. The molecule has 1 saturated carbocycles. The smallest absolute Gasteiger partial charge is 0.307 e. The molecule has 1 aliphatic heterocycles. The summed E-state index contributed by atoms with van der Waals surface area (Å²) in [5.41, 5.74) is 2.37. The van der Waals surface area contributed by atoms with Gasteiger partial charge < -0.3 is 10.0 Å². The molecule has 3 atom stereocenters. The third-order valence-electron chi connectivity index (χ3n) is 4.42. The lowest BCUT2D eigenvalue weighted by atomic mass is 10.0. The number of amides is 1. The predicted octanol–water partition coefficient (Wildman–Crippen LogP) is 2.38. The maximum atomic E-state index is 12.4. The minimum atomic E-state index is -0.838. The Bertz CT molecular complexity index is 537. The average molecular weight is 273 g/mol. The number of carboxylic acids is 1. The second kappa shape index (κ2) is 4.93. The largest absolute Gasteiger partial charge is 0.481 e. The van der Waals surface area contributed by atoms with Crippen molar-refractivity contribution >= 4 is 11.9 Å². The van der Waals surface area contributed by atoms with Crippen LogP contribution >= 0.6 is 0 Å². The highest BCUT2D eigenvalue weighted by Gasteiger charge is 2.51. The molecule has 0 bridgehead atoms. The number of nitrogens with zero attached hydrogens (tertiary/aromatic N) is 1. The second-order valence-electron chi connectivity index (χ2n) is 5.89. The summed E-state index contributed by atoms with van der Waals surface area (Å²) in [6.45, 7) is 2.79. The van der Waals surface area contributed by atoms with Gasteiger partial charge in [0, 0.05) is 6.54 Å². The van der Waals surface area contributed by atoms with Gasteiger partial charge in [-0.1, -0.05) is 29.8 Å². The first-order valence-electron chi connectivity index (χ1n) is 7.18. The lowest BCUT2D eigenvalue weighted by Gasteiger charge is -2.25. The first-order chi connectivity index (χ1) is 9.58. The Balaban J connectivity index is 1.74. The highest BCUT2D eigenvalue weighted by Crippen LogP contribution is 2.43. The maximum absolute atomic E-state index is 12.4. The van der Waals surface area contributed by atoms with Crippen molar-refractivity contribution in [2.45, 2.75) is 32.2 Å². The number of benzene rings is 1. The van der Waals surface area contributed by atoms with Crippen LogP contribution < -0.4 is 0 Å². The first kappa shape index (κ1) is 13.2. The van der Waals surface area contributed by atoms with Crippen LogP contribution in [-0.4, -0.2) is 28.4 Å². The normalized spacial score (nSPS) is 28.4. The number of carbonyl (C=O) groups excluding carboxylic acids is 1. The number of rotatable bonds is 3. The molecule has 4 heteroatoms. The van der Waals surface area contributed by atoms with Crippen LogP contribution in [0.1, 0.15) is 36.4 Å². The molecule has 20 heavy (non-hydrogen) atoms. The van der Waals surface area contributed by atoms with E-state index in [1.54, 1.807) is 0 Å². The van der Waals surface area contributed by atoms with Crippen LogP contribution in [-0.2, 0) is 9.59 Å². The Morgan fingerprint density at radius 1 is 1.20 bits per heavy atom. The summed E-state index contributed by atoms with van der Waals surface area (Å²) >= 11 is 0. The van der Waals surface area contributed by atoms with Gasteiger partial charge in [-0.15, -0.1) is 0 Å². The Morgan fingerprint density at radius 3 is 2.50 bits per heavy atom. The van der Waals surface area contributed by atoms with E-state index < -0.39 is 11.9 Å². The molecule has 0 radical (unpaired) electrons. The Kier molecular flexibility index (Phi) is 3.24. The number of aryl methyl sites for hydroxylation is 1. The van der Waals surface area contributed by atoms with Gasteiger partial charge in [-0.05, 0) is 31.7 Å². The topological polar surface area (TPSA) is 57.6 Å². The summed E-state index contributed by atoms with van der Waals surface area (Å²) in [4.78, 5) is 25.2. The Morgan fingerprint density at radius 2 is 1.90 bits per heavy atom. The summed E-state index contributed by atoms with van der Waals surface area (Å²) in [5.74, 6) is -1.56. The number of hydrogen-bond donors (Lipinski definition) is 1. The monoisotopic (exact) mass is 273 g/mol. The number of carbonyl (C=O) groups is 2. The third-order valence-corrected chi connectivity index (χ3v) is 4.42. The van der Waals surface area contributed by atoms with Gasteiger partial charge in [0.1, 0.15) is 0 Å². The molecule has 1 amide bonds. The van der Waals surface area contributed by atoms with Crippen molar-refractivity contribution in [1.82, 2.24) is 4.90 Å². The first-order valence-corrected chi connectivity index (χ1v) is 7.18. The van der Waals surface area contributed by atoms with Crippen LogP contribution in [0.15, 0.2) is 24.3 Å². The zero-order chi connectivity index (χ0) is 14.3. The number of likely N-dealkylation sites (tertiary alicyclic amines) is 1. The molecular formula is C16H19NO3. The van der Waals surface area contributed by atoms with E-state index in [2.05, 4.69) is 24.3 Å². The van der Waals surface area contributed by atoms with E-state index >= 15 is 0 Å². The van der Waals surface area contributed by atoms with Gasteiger partial charge in [-0.3, -0.25) is 9.59 Å². The summed E-state index contributed by atoms with van der Waals surface area (Å²) < 4.78 is 0. The van der Waals surface area contributed by atoms with Gasteiger partial charge in [0.2, 0.25) is 5.91 Å². The molecule has 2 fully saturated rings. The van der Waals surface area contributed by atoms with E-state index in [9.17, 15) is 9.59 Å². The Labute approximate surface area is 118 Å². The zero-order valence-electron chi connectivity index (χ0n) is 11.6. The van der Waals surface area contributed by atoms with E-state index in [1.807, 2.05) is 11.8 Å².